The second-order valence-corrected chi connectivity index (χ2v) is 17.6. The number of rotatable bonds is 0. The van der Waals surface area contributed by atoms with E-state index in [1.807, 2.05) is 0 Å². The summed E-state index contributed by atoms with van der Waals surface area (Å²) in [5, 5.41) is 0. The molecule has 0 amide bonds. The van der Waals surface area contributed by atoms with Gasteiger partial charge in [0.15, 0.2) is 17.4 Å². The minimum absolute atomic E-state index is 0. The van der Waals surface area contributed by atoms with Crippen LogP contribution >= 0.6 is 50.5 Å². The Morgan fingerprint density at radius 1 is 1.25 bits per heavy atom. The van der Waals surface area contributed by atoms with Crippen molar-refractivity contribution in [3.8, 4) is 0 Å². The molecule has 0 saturated heterocycles. The van der Waals surface area contributed by atoms with Crippen LogP contribution < -0.4 is 0 Å². The summed E-state index contributed by atoms with van der Waals surface area (Å²) in [4.78, 5) is 0. The van der Waals surface area contributed by atoms with Crippen molar-refractivity contribution in [1.29, 1.82) is 0 Å². The molecule has 0 rings (SSSR count). The van der Waals surface area contributed by atoms with Gasteiger partial charge in [-0.05, 0) is 0 Å². The van der Waals surface area contributed by atoms with Gasteiger partial charge in [-0.3, -0.25) is 0 Å². The summed E-state index contributed by atoms with van der Waals surface area (Å²) in [7, 11) is 0. The maximum absolute atomic E-state index is 2.41. The molecular formula is H4AlI3. The zero-order valence-corrected chi connectivity index (χ0v) is 7.81. The van der Waals surface area contributed by atoms with Gasteiger partial charge in [-0.2, -0.15) is 0 Å². The first-order valence-electron chi connectivity index (χ1n) is 0.309. The third-order valence-corrected chi connectivity index (χ3v) is 0. The Kier molecular flexibility index (Phi) is 22.7. The van der Waals surface area contributed by atoms with Crippen LogP contribution in [0.4, 0.5) is 0 Å². The zero-order chi connectivity index (χ0) is 2.71. The monoisotopic (exact) mass is 412 g/mol. The van der Waals surface area contributed by atoms with Crippen LogP contribution in [0.3, 0.4) is 0 Å². The van der Waals surface area contributed by atoms with E-state index in [1.54, 1.807) is 0 Å². The second kappa shape index (κ2) is 9.21. The molecule has 0 aliphatic heterocycles. The molecule has 0 fully saturated rings. The van der Waals surface area contributed by atoms with Gasteiger partial charge in [0.2, 0.25) is 0 Å². The Labute approximate surface area is 66.2 Å². The van der Waals surface area contributed by atoms with Gasteiger partial charge in [0, 0.05) is 0 Å². The SMILES string of the molecule is I[IH]I.[AlH3]. The predicted molar refractivity (Wildman–Crippen MR) is 53.4 cm³/mol. The Morgan fingerprint density at radius 3 is 1.25 bits per heavy atom. The summed E-state index contributed by atoms with van der Waals surface area (Å²) in [6.45, 7) is 0. The normalized spacial score (nSPS) is 5.50. The average Bonchev–Trinajstić information content (AvgIpc) is 0.918. The molecule has 28 valence electrons. The van der Waals surface area contributed by atoms with E-state index < -0.39 is 0 Å². The predicted octanol–water partition coefficient (Wildman–Crippen LogP) is 1.21. The fourth-order valence-electron chi connectivity index (χ4n) is 0. The molecule has 0 spiro atoms. The van der Waals surface area contributed by atoms with E-state index in [0.29, 0.717) is 13.3 Å². The van der Waals surface area contributed by atoms with E-state index in [9.17, 15) is 0 Å². The summed E-state index contributed by atoms with van der Waals surface area (Å²) in [6, 6.07) is 0. The molecule has 0 unspecified atom stereocenters. The summed E-state index contributed by atoms with van der Waals surface area (Å²) >= 11 is 5.22. The van der Waals surface area contributed by atoms with E-state index in [-0.39, 0.29) is 17.4 Å². The van der Waals surface area contributed by atoms with Gasteiger partial charge < -0.3 is 0 Å². The van der Waals surface area contributed by atoms with E-state index >= 15 is 0 Å². The van der Waals surface area contributed by atoms with Crippen molar-refractivity contribution < 1.29 is 0 Å². The molecule has 0 heterocycles. The molecule has 0 saturated carbocycles. The van der Waals surface area contributed by atoms with E-state index in [4.69, 9.17) is 0 Å². The number of hydrogen-bond donors (Lipinski definition) is 0. The van der Waals surface area contributed by atoms with E-state index in [1.165, 1.54) is 0 Å². The topological polar surface area (TPSA) is 0 Å². The summed E-state index contributed by atoms with van der Waals surface area (Å²) in [5.41, 5.74) is 0. The van der Waals surface area contributed by atoms with Crippen LogP contribution in [0.15, 0.2) is 0 Å². The van der Waals surface area contributed by atoms with Crippen LogP contribution in [0, 0.1) is 0 Å². The molecule has 0 atom stereocenters. The minimum atomic E-state index is 0. The van der Waals surface area contributed by atoms with Gasteiger partial charge in [0.1, 0.15) is 0 Å². The third-order valence-electron chi connectivity index (χ3n) is 0. The molecule has 0 bridgehead atoms. The first-order chi connectivity index (χ1) is 1.41. The van der Waals surface area contributed by atoms with Gasteiger partial charge in [-0.15, -0.1) is 0 Å². The van der Waals surface area contributed by atoms with Crippen molar-refractivity contribution in [2.24, 2.45) is 0 Å². The van der Waals surface area contributed by atoms with Crippen LogP contribution in [-0.4, -0.2) is 17.4 Å². The molecule has 0 nitrogen and oxygen atoms in total. The molecule has 0 N–H and O–H groups in total. The fourth-order valence-corrected chi connectivity index (χ4v) is 0. The summed E-state index contributed by atoms with van der Waals surface area (Å²) in [5.74, 6) is 0. The maximum Gasteiger partial charge on any atom is 0.187 e. The van der Waals surface area contributed by atoms with Gasteiger partial charge >= 0.3 is 50.5 Å². The maximum atomic E-state index is 2.41. The standard InChI is InChI=1S/Al.HI3.3H/c;1-3-2;;;/h;3H;;;. The van der Waals surface area contributed by atoms with Gasteiger partial charge in [0.05, 0.1) is 0 Å². The molecule has 0 aromatic carbocycles. The Hall–Kier alpha value is 2.72. The Morgan fingerprint density at radius 2 is 1.25 bits per heavy atom. The third kappa shape index (κ3) is 8.83. The smallest absolute Gasteiger partial charge is 0.187 e. The number of halogens is 3. The molecular weight excluding hydrogens is 408 g/mol. The molecule has 0 aromatic rings. The van der Waals surface area contributed by atoms with Gasteiger partial charge in [-0.25, -0.2) is 0 Å². The largest absolute Gasteiger partial charge is 0.187 e. The van der Waals surface area contributed by atoms with Crippen molar-refractivity contribution in [3.63, 3.8) is 0 Å². The summed E-state index contributed by atoms with van der Waals surface area (Å²) in [6.07, 6.45) is 0. The van der Waals surface area contributed by atoms with Crippen molar-refractivity contribution in [2.75, 3.05) is 0 Å². The van der Waals surface area contributed by atoms with Crippen molar-refractivity contribution in [3.05, 3.63) is 0 Å². The van der Waals surface area contributed by atoms with E-state index in [0.717, 1.165) is 0 Å². The molecule has 0 aliphatic carbocycles. The van der Waals surface area contributed by atoms with Gasteiger partial charge in [-0.1, -0.05) is 0 Å². The summed E-state index contributed by atoms with van der Waals surface area (Å²) < 4.78 is 0. The molecule has 0 aliphatic rings. The molecule has 0 aromatic heterocycles. The van der Waals surface area contributed by atoms with Crippen molar-refractivity contribution in [2.45, 2.75) is 0 Å². The number of hydrogen-bond acceptors (Lipinski definition) is 0. The van der Waals surface area contributed by atoms with Crippen molar-refractivity contribution >= 4 is 67.8 Å². The fraction of sp³-hybridized carbons (Fsp3) is 0. The van der Waals surface area contributed by atoms with Gasteiger partial charge in [0.25, 0.3) is 0 Å². The van der Waals surface area contributed by atoms with Crippen molar-refractivity contribution in [1.82, 2.24) is 0 Å². The minimum Gasteiger partial charge on any atom is 0.187 e. The van der Waals surface area contributed by atoms with Crippen LogP contribution in [0.25, 0.3) is 0 Å². The zero-order valence-electron chi connectivity index (χ0n) is 1.16. The first kappa shape index (κ1) is 9.87. The quantitative estimate of drug-likeness (QED) is 0.415. The average molecular weight is 412 g/mol. The Balaban J connectivity index is 0. The van der Waals surface area contributed by atoms with Crippen LogP contribution in [-0.2, 0) is 0 Å². The second-order valence-electron chi connectivity index (χ2n) is 0.0583. The first-order valence-corrected chi connectivity index (χ1v) is 13.9. The molecule has 0 radical (unpaired) electrons. The van der Waals surface area contributed by atoms with E-state index in [2.05, 4.69) is 37.2 Å². The Bertz CT molecular complexity index is 3.25. The van der Waals surface area contributed by atoms with Crippen LogP contribution in [0.2, 0.25) is 0 Å². The van der Waals surface area contributed by atoms with Crippen LogP contribution in [0.1, 0.15) is 0 Å². The molecule has 4 heteroatoms. The molecule has 4 heavy (non-hydrogen) atoms. The van der Waals surface area contributed by atoms with Crippen LogP contribution in [0.5, 0.6) is 0 Å².